The van der Waals surface area contributed by atoms with E-state index in [-0.39, 0.29) is 32.8 Å². The number of aliphatic hydroxyl groups is 1. The molecule has 41 heavy (non-hydrogen) atoms. The highest BCUT2D eigenvalue weighted by molar-refractivity contribution is 7.87. The number of hydrogen-bond acceptors (Lipinski definition) is 10. The average Bonchev–Trinajstić information content (AvgIpc) is 2.92. The van der Waals surface area contributed by atoms with Crippen molar-refractivity contribution in [2.75, 3.05) is 37.9 Å². The maximum atomic E-state index is 12.4. The molecule has 2 aromatic carbocycles. The minimum absolute atomic E-state index is 0.0931. The molecular formula is C29H42O10S2. The van der Waals surface area contributed by atoms with Crippen LogP contribution in [0.1, 0.15) is 69.2 Å². The summed E-state index contributed by atoms with van der Waals surface area (Å²) in [6, 6.07) is 17.4. The molecule has 2 aromatic rings. The molecule has 0 heterocycles. The highest BCUT2D eigenvalue weighted by atomic mass is 32.2. The summed E-state index contributed by atoms with van der Waals surface area (Å²) >= 11 is 0. The summed E-state index contributed by atoms with van der Waals surface area (Å²) in [6.07, 6.45) is -0.471. The predicted octanol–water partition coefficient (Wildman–Crippen LogP) is 4.47. The van der Waals surface area contributed by atoms with Gasteiger partial charge in [-0.05, 0) is 42.2 Å². The number of aliphatic hydroxyl groups excluding tert-OH is 1. The van der Waals surface area contributed by atoms with Crippen LogP contribution >= 0.6 is 0 Å². The minimum atomic E-state index is -3.98. The van der Waals surface area contributed by atoms with Crippen molar-refractivity contribution in [1.29, 1.82) is 0 Å². The minimum Gasteiger partial charge on any atom is -0.462 e. The Kier molecular flexibility index (Phi) is 13.4. The number of ether oxygens (including phenoxy) is 2. The van der Waals surface area contributed by atoms with Crippen LogP contribution in [-0.4, -0.2) is 65.8 Å². The van der Waals surface area contributed by atoms with Crippen molar-refractivity contribution in [3.8, 4) is 0 Å². The quantitative estimate of drug-likeness (QED) is 0.137. The number of rotatable bonds is 19. The van der Waals surface area contributed by atoms with Gasteiger partial charge >= 0.3 is 5.97 Å². The highest BCUT2D eigenvalue weighted by Crippen LogP contribution is 2.24. The van der Waals surface area contributed by atoms with Crippen LogP contribution in [0.2, 0.25) is 0 Å². The molecule has 0 amide bonds. The molecule has 0 saturated heterocycles. The normalized spacial score (nSPS) is 13.6. The van der Waals surface area contributed by atoms with Gasteiger partial charge in [0.1, 0.15) is 0 Å². The Balaban J connectivity index is 1.67. The number of carbonyl (C=O) groups excluding carboxylic acids is 1. The van der Waals surface area contributed by atoms with Crippen LogP contribution in [0.15, 0.2) is 60.7 Å². The standard InChI is InChI=1S/C29H42O10S2/c1-28(2,16-18-36-26(30)24-12-7-5-8-13-24)22-38-40(32,33)20-11-21-41(34,35)39-23-29(3,4)17-19-37-27(31)25-14-9-6-10-15-25/h5-10,12-15,26,30H,11,16-23H2,1-4H3. The van der Waals surface area contributed by atoms with Gasteiger partial charge in [-0.1, -0.05) is 76.2 Å². The summed E-state index contributed by atoms with van der Waals surface area (Å²) < 4.78 is 70.4. The van der Waals surface area contributed by atoms with Crippen molar-refractivity contribution in [3.63, 3.8) is 0 Å². The summed E-state index contributed by atoms with van der Waals surface area (Å²) in [6.45, 7) is 7.21. The molecule has 0 aliphatic carbocycles. The third kappa shape index (κ3) is 14.4. The van der Waals surface area contributed by atoms with E-state index in [0.717, 1.165) is 0 Å². The van der Waals surface area contributed by atoms with Crippen LogP contribution < -0.4 is 0 Å². The van der Waals surface area contributed by atoms with Crippen LogP contribution in [0.3, 0.4) is 0 Å². The lowest BCUT2D eigenvalue weighted by Gasteiger charge is -2.25. The predicted molar refractivity (Wildman–Crippen MR) is 155 cm³/mol. The molecule has 10 nitrogen and oxygen atoms in total. The van der Waals surface area contributed by atoms with Gasteiger partial charge in [0.15, 0.2) is 6.29 Å². The third-order valence-corrected chi connectivity index (χ3v) is 8.74. The lowest BCUT2D eigenvalue weighted by atomic mass is 9.91. The fraction of sp³-hybridized carbons (Fsp3) is 0.552. The summed E-state index contributed by atoms with van der Waals surface area (Å²) in [5.41, 5.74) is -0.124. The van der Waals surface area contributed by atoms with E-state index >= 15 is 0 Å². The van der Waals surface area contributed by atoms with Gasteiger partial charge in [0.25, 0.3) is 20.2 Å². The molecule has 0 aromatic heterocycles. The largest absolute Gasteiger partial charge is 0.462 e. The van der Waals surface area contributed by atoms with E-state index in [4.69, 9.17) is 17.8 Å². The fourth-order valence-electron chi connectivity index (χ4n) is 3.41. The van der Waals surface area contributed by atoms with Gasteiger partial charge < -0.3 is 14.6 Å². The van der Waals surface area contributed by atoms with Gasteiger partial charge in [0.05, 0.1) is 43.5 Å². The van der Waals surface area contributed by atoms with E-state index < -0.39 is 54.8 Å². The molecule has 0 aliphatic heterocycles. The smallest absolute Gasteiger partial charge is 0.338 e. The fourth-order valence-corrected chi connectivity index (χ4v) is 5.82. The van der Waals surface area contributed by atoms with Crippen molar-refractivity contribution in [1.82, 2.24) is 0 Å². The van der Waals surface area contributed by atoms with Crippen LogP contribution in [0, 0.1) is 10.8 Å². The Bertz CT molecular complexity index is 1280. The zero-order valence-electron chi connectivity index (χ0n) is 24.2. The number of esters is 1. The molecule has 2 rings (SSSR count). The molecule has 0 spiro atoms. The SMILES string of the molecule is CC(C)(CCOC(=O)c1ccccc1)COS(=O)(=O)CCCS(=O)(=O)OCC(C)(C)CCOC(O)c1ccccc1. The first-order valence-electron chi connectivity index (χ1n) is 13.4. The molecule has 1 unspecified atom stereocenters. The first-order valence-corrected chi connectivity index (χ1v) is 16.6. The monoisotopic (exact) mass is 614 g/mol. The topological polar surface area (TPSA) is 142 Å². The lowest BCUT2D eigenvalue weighted by Crippen LogP contribution is -2.27. The van der Waals surface area contributed by atoms with Crippen molar-refractivity contribution in [2.45, 2.75) is 53.2 Å². The molecule has 0 bridgehead atoms. The van der Waals surface area contributed by atoms with E-state index in [2.05, 4.69) is 0 Å². The molecule has 0 fully saturated rings. The van der Waals surface area contributed by atoms with E-state index in [9.17, 15) is 26.7 Å². The molecule has 0 aliphatic rings. The number of hydrogen-bond donors (Lipinski definition) is 1. The third-order valence-electron chi connectivity index (χ3n) is 6.21. The maximum Gasteiger partial charge on any atom is 0.338 e. The Morgan fingerprint density at radius 3 is 1.73 bits per heavy atom. The summed E-state index contributed by atoms with van der Waals surface area (Å²) in [5, 5.41) is 10.1. The van der Waals surface area contributed by atoms with Gasteiger partial charge in [-0.15, -0.1) is 0 Å². The molecule has 1 atom stereocenters. The summed E-state index contributed by atoms with van der Waals surface area (Å²) in [7, 11) is -7.94. The highest BCUT2D eigenvalue weighted by Gasteiger charge is 2.26. The average molecular weight is 615 g/mol. The Hall–Kier alpha value is -2.35. The molecule has 12 heteroatoms. The zero-order chi connectivity index (χ0) is 30.6. The van der Waals surface area contributed by atoms with Crippen LogP contribution in [-0.2, 0) is 38.1 Å². The summed E-state index contributed by atoms with van der Waals surface area (Å²) in [4.78, 5) is 12.0. The van der Waals surface area contributed by atoms with Crippen LogP contribution in [0.25, 0.3) is 0 Å². The Morgan fingerprint density at radius 1 is 0.756 bits per heavy atom. The van der Waals surface area contributed by atoms with Crippen molar-refractivity contribution >= 4 is 26.2 Å². The van der Waals surface area contributed by atoms with Gasteiger partial charge in [-0.3, -0.25) is 8.37 Å². The summed E-state index contributed by atoms with van der Waals surface area (Å²) in [5.74, 6) is -1.42. The second kappa shape index (κ2) is 15.8. The second-order valence-corrected chi connectivity index (χ2v) is 14.9. The van der Waals surface area contributed by atoms with Crippen molar-refractivity contribution < 1.29 is 44.6 Å². The molecule has 0 saturated carbocycles. The van der Waals surface area contributed by atoms with Gasteiger partial charge in [-0.25, -0.2) is 4.79 Å². The first-order chi connectivity index (χ1) is 19.1. The van der Waals surface area contributed by atoms with Crippen molar-refractivity contribution in [3.05, 3.63) is 71.8 Å². The second-order valence-electron chi connectivity index (χ2n) is 11.4. The molecule has 230 valence electrons. The van der Waals surface area contributed by atoms with Gasteiger partial charge in [0.2, 0.25) is 0 Å². The van der Waals surface area contributed by atoms with E-state index in [1.54, 1.807) is 68.4 Å². The van der Waals surface area contributed by atoms with Crippen molar-refractivity contribution in [2.24, 2.45) is 10.8 Å². The van der Waals surface area contributed by atoms with Gasteiger partial charge in [-0.2, -0.15) is 16.8 Å². The molecule has 0 radical (unpaired) electrons. The molecular weight excluding hydrogens is 572 g/mol. The number of carbonyl (C=O) groups is 1. The molecule has 1 N–H and O–H groups in total. The van der Waals surface area contributed by atoms with Crippen LogP contribution in [0.4, 0.5) is 0 Å². The lowest BCUT2D eigenvalue weighted by molar-refractivity contribution is -0.110. The Labute approximate surface area is 244 Å². The van der Waals surface area contributed by atoms with Gasteiger partial charge in [0, 0.05) is 5.56 Å². The van der Waals surface area contributed by atoms with E-state index in [1.807, 2.05) is 19.9 Å². The maximum absolute atomic E-state index is 12.4. The first kappa shape index (κ1) is 34.8. The van der Waals surface area contributed by atoms with E-state index in [1.165, 1.54) is 0 Å². The Morgan fingerprint density at radius 2 is 1.22 bits per heavy atom. The number of benzene rings is 2. The van der Waals surface area contributed by atoms with E-state index in [0.29, 0.717) is 24.0 Å². The van der Waals surface area contributed by atoms with Crippen LogP contribution in [0.5, 0.6) is 0 Å². The zero-order valence-corrected chi connectivity index (χ0v) is 25.8.